The molecule has 0 spiro atoms. The first-order valence-corrected chi connectivity index (χ1v) is 16.5. The smallest absolute Gasteiger partial charge is 0.229 e. The number of hydrogen-bond donors (Lipinski definition) is 15. The van der Waals surface area contributed by atoms with Gasteiger partial charge in [-0.2, -0.15) is 0 Å². The van der Waals surface area contributed by atoms with Gasteiger partial charge in [0.05, 0.1) is 30.9 Å². The molecule has 3 saturated heterocycles. The van der Waals surface area contributed by atoms with E-state index in [1.165, 1.54) is 6.07 Å². The van der Waals surface area contributed by atoms with Crippen LogP contribution in [0.1, 0.15) is 23.3 Å². The maximum absolute atomic E-state index is 13.9. The summed E-state index contributed by atoms with van der Waals surface area (Å²) in [5.41, 5.74) is -3.41. The summed E-state index contributed by atoms with van der Waals surface area (Å²) in [5, 5.41) is 157. The van der Waals surface area contributed by atoms with E-state index in [-0.39, 0.29) is 5.56 Å². The Morgan fingerprint density at radius 1 is 0.574 bits per heavy atom. The molecule has 0 amide bonds. The molecule has 3 fully saturated rings. The van der Waals surface area contributed by atoms with Gasteiger partial charge in [-0.1, -0.05) is 0 Å². The second kappa shape index (κ2) is 15.4. The van der Waals surface area contributed by atoms with Crippen molar-refractivity contribution in [1.29, 1.82) is 0 Å². The van der Waals surface area contributed by atoms with Crippen LogP contribution in [0.3, 0.4) is 0 Å². The van der Waals surface area contributed by atoms with E-state index in [9.17, 15) is 81.4 Å². The van der Waals surface area contributed by atoms with Crippen LogP contribution >= 0.6 is 0 Å². The zero-order valence-corrected chi connectivity index (χ0v) is 27.7. The number of aliphatic hydroxyl groups excluding tert-OH is 12. The predicted octanol–water partition coefficient (Wildman–Crippen LogP) is -5.21. The van der Waals surface area contributed by atoms with Gasteiger partial charge in [0.15, 0.2) is 22.5 Å². The Morgan fingerprint density at radius 2 is 1.07 bits per heavy atom. The minimum Gasteiger partial charge on any atom is -0.507 e. The van der Waals surface area contributed by atoms with Gasteiger partial charge >= 0.3 is 0 Å². The van der Waals surface area contributed by atoms with Gasteiger partial charge < -0.3 is 100.0 Å². The van der Waals surface area contributed by atoms with Crippen molar-refractivity contribution in [2.75, 3.05) is 19.8 Å². The molecule has 2 aromatic carbocycles. The first-order chi connectivity index (χ1) is 25.6. The van der Waals surface area contributed by atoms with Gasteiger partial charge in [0.1, 0.15) is 108 Å². The average molecular weight is 773 g/mol. The van der Waals surface area contributed by atoms with Crippen LogP contribution in [0.2, 0.25) is 0 Å². The highest BCUT2D eigenvalue weighted by Gasteiger charge is 2.50. The number of aliphatic hydroxyl groups is 12. The van der Waals surface area contributed by atoms with Crippen molar-refractivity contribution >= 4 is 11.0 Å². The maximum atomic E-state index is 13.9. The highest BCUT2D eigenvalue weighted by Crippen LogP contribution is 2.51. The predicted molar refractivity (Wildman–Crippen MR) is 173 cm³/mol. The molecule has 0 saturated carbocycles. The van der Waals surface area contributed by atoms with Crippen LogP contribution in [0, 0.1) is 0 Å². The fourth-order valence-electron chi connectivity index (χ4n) is 6.81. The van der Waals surface area contributed by atoms with Crippen molar-refractivity contribution in [2.45, 2.75) is 91.7 Å². The van der Waals surface area contributed by atoms with Gasteiger partial charge in [0, 0.05) is 11.6 Å². The SMILES string of the molecule is O=c1cc(-c2ccc(O)c(O[C@@H]3O[C@H](CO)[C@@H](O)[C@H](O)[C@H]3O)c2)oc2c([C@@H]3O[C@H](CO)[C@@H](O)[C@H](O)[C@@H]3O)c(O)c([C@@H]3O[C@H](CO)[C@@H](O)[C@H](O)[C@H]3O)c(O)c12. The standard InChI is InChI=1S/C33H40O21/c34-5-13-19(39)24(44)27(47)31(51-13)17-22(42)16-10(38)4-11(50-30(16)18(23(17)43)32-28(48)25(45)20(40)14(6-35)52-32)8-1-2-9(37)12(3-8)53-33-29(49)26(46)21(41)15(7-36)54-33/h1-4,13-15,19-21,24-29,31-37,39-49H,5-7H2/t13-,14-,15-,19-,20-,21-,24+,25+,26+,27-,28+,29-,31+,32+,33-/m1/s1. The third kappa shape index (κ3) is 6.65. The average Bonchev–Trinajstić information content (AvgIpc) is 3.15. The lowest BCUT2D eigenvalue weighted by molar-refractivity contribution is -0.277. The monoisotopic (exact) mass is 772 g/mol. The third-order valence-corrected chi connectivity index (χ3v) is 9.88. The molecule has 1 aromatic heterocycles. The second-order valence-electron chi connectivity index (χ2n) is 13.2. The summed E-state index contributed by atoms with van der Waals surface area (Å²) in [6.07, 6.45) is -27.7. The minimum absolute atomic E-state index is 0.0804. The number of phenols is 3. The van der Waals surface area contributed by atoms with Crippen molar-refractivity contribution in [3.63, 3.8) is 0 Å². The fourth-order valence-corrected chi connectivity index (χ4v) is 6.81. The zero-order chi connectivity index (χ0) is 39.5. The summed E-state index contributed by atoms with van der Waals surface area (Å²) in [7, 11) is 0. The van der Waals surface area contributed by atoms with Crippen LogP contribution < -0.4 is 10.2 Å². The topological polar surface area (TPSA) is 371 Å². The van der Waals surface area contributed by atoms with Crippen molar-refractivity contribution in [3.05, 3.63) is 45.6 Å². The molecule has 3 aliphatic rings. The number of aromatic hydroxyl groups is 3. The van der Waals surface area contributed by atoms with Gasteiger partial charge in [-0.25, -0.2) is 0 Å². The Balaban J connectivity index is 1.53. The van der Waals surface area contributed by atoms with E-state index in [2.05, 4.69) is 0 Å². The summed E-state index contributed by atoms with van der Waals surface area (Å²) < 4.78 is 28.0. The number of fused-ring (bicyclic) bond motifs is 1. The van der Waals surface area contributed by atoms with Gasteiger partial charge in [0.2, 0.25) is 6.29 Å². The van der Waals surface area contributed by atoms with E-state index in [4.69, 9.17) is 23.4 Å². The quantitative estimate of drug-likeness (QED) is 0.102. The number of hydrogen-bond acceptors (Lipinski definition) is 21. The molecule has 54 heavy (non-hydrogen) atoms. The van der Waals surface area contributed by atoms with E-state index in [0.717, 1.165) is 18.2 Å². The van der Waals surface area contributed by atoms with Crippen molar-refractivity contribution in [1.82, 2.24) is 0 Å². The largest absolute Gasteiger partial charge is 0.507 e. The minimum atomic E-state index is -2.13. The van der Waals surface area contributed by atoms with E-state index < -0.39 is 168 Å². The molecule has 0 radical (unpaired) electrons. The van der Waals surface area contributed by atoms with Crippen LogP contribution in [0.25, 0.3) is 22.3 Å². The van der Waals surface area contributed by atoms with Crippen LogP contribution in [-0.2, 0) is 14.2 Å². The number of ether oxygens (including phenoxy) is 4. The Bertz CT molecular complexity index is 1880. The first kappa shape index (κ1) is 39.9. The molecular formula is C33H40O21. The molecule has 4 heterocycles. The van der Waals surface area contributed by atoms with Crippen LogP contribution in [0.15, 0.2) is 33.5 Å². The molecule has 15 N–H and O–H groups in total. The van der Waals surface area contributed by atoms with E-state index >= 15 is 0 Å². The molecule has 0 unspecified atom stereocenters. The molecule has 3 aromatic rings. The Morgan fingerprint density at radius 3 is 1.61 bits per heavy atom. The maximum Gasteiger partial charge on any atom is 0.229 e. The van der Waals surface area contributed by atoms with Gasteiger partial charge in [-0.3, -0.25) is 4.79 Å². The summed E-state index contributed by atoms with van der Waals surface area (Å²) in [4.78, 5) is 13.9. The van der Waals surface area contributed by atoms with Crippen molar-refractivity contribution in [3.8, 4) is 34.3 Å². The molecular weight excluding hydrogens is 732 g/mol. The van der Waals surface area contributed by atoms with Crippen LogP contribution in [0.4, 0.5) is 0 Å². The van der Waals surface area contributed by atoms with Gasteiger partial charge in [0.25, 0.3) is 0 Å². The summed E-state index contributed by atoms with van der Waals surface area (Å²) in [5.74, 6) is -3.63. The molecule has 21 heteroatoms. The summed E-state index contributed by atoms with van der Waals surface area (Å²) >= 11 is 0. The molecule has 6 rings (SSSR count). The highest BCUT2D eigenvalue weighted by atomic mass is 16.7. The first-order valence-electron chi connectivity index (χ1n) is 16.5. The second-order valence-corrected chi connectivity index (χ2v) is 13.2. The Hall–Kier alpha value is -3.75. The fraction of sp³-hybridized carbons (Fsp3) is 0.545. The molecule has 21 nitrogen and oxygen atoms in total. The van der Waals surface area contributed by atoms with Gasteiger partial charge in [-0.05, 0) is 18.2 Å². The summed E-state index contributed by atoms with van der Waals surface area (Å²) in [6.45, 7) is -2.64. The number of phenolic OH excluding ortho intramolecular Hbond substituents is 3. The van der Waals surface area contributed by atoms with Crippen molar-refractivity contribution < 1.29 is 100.0 Å². The number of benzene rings is 2. The van der Waals surface area contributed by atoms with Crippen LogP contribution in [-0.4, -0.2) is 176 Å². The Kier molecular flexibility index (Phi) is 11.4. The zero-order valence-electron chi connectivity index (χ0n) is 27.7. The highest BCUT2D eigenvalue weighted by molar-refractivity contribution is 5.92. The third-order valence-electron chi connectivity index (χ3n) is 9.88. The molecule has 298 valence electrons. The van der Waals surface area contributed by atoms with Crippen molar-refractivity contribution in [2.24, 2.45) is 0 Å². The van der Waals surface area contributed by atoms with E-state index in [1.54, 1.807) is 0 Å². The van der Waals surface area contributed by atoms with E-state index in [1.807, 2.05) is 0 Å². The summed E-state index contributed by atoms with van der Waals surface area (Å²) in [6, 6.07) is 4.14. The van der Waals surface area contributed by atoms with Crippen LogP contribution in [0.5, 0.6) is 23.0 Å². The molecule has 0 aliphatic carbocycles. The molecule has 15 atom stereocenters. The Labute approximate surface area is 302 Å². The lowest BCUT2D eigenvalue weighted by Crippen LogP contribution is -2.60. The lowest BCUT2D eigenvalue weighted by Gasteiger charge is -2.42. The normalized spacial score (nSPS) is 37.4. The van der Waals surface area contributed by atoms with Gasteiger partial charge in [-0.15, -0.1) is 0 Å². The lowest BCUT2D eigenvalue weighted by atomic mass is 9.85. The molecule has 0 bridgehead atoms. The molecule has 3 aliphatic heterocycles. The van der Waals surface area contributed by atoms with E-state index in [0.29, 0.717) is 0 Å². The number of rotatable bonds is 8.